The number of nitrogens with one attached hydrogen (secondary N) is 1. The third-order valence-electron chi connectivity index (χ3n) is 4.22. The van der Waals surface area contributed by atoms with Gasteiger partial charge in [-0.3, -0.25) is 0 Å². The molecule has 106 valence electrons. The summed E-state index contributed by atoms with van der Waals surface area (Å²) in [7, 11) is 0. The molecule has 1 heterocycles. The molecule has 2 heteroatoms. The van der Waals surface area contributed by atoms with Crippen molar-refractivity contribution in [3.63, 3.8) is 0 Å². The van der Waals surface area contributed by atoms with Crippen LogP contribution in [0.25, 0.3) is 0 Å². The first-order valence-electron chi connectivity index (χ1n) is 7.50. The summed E-state index contributed by atoms with van der Waals surface area (Å²) >= 11 is 0. The topological polar surface area (TPSA) is 21.3 Å². The first kappa shape index (κ1) is 14.5. The second-order valence-electron chi connectivity index (χ2n) is 6.04. The van der Waals surface area contributed by atoms with E-state index in [1.54, 1.807) is 0 Å². The molecule has 0 amide bonds. The number of aryl methyl sites for hydroxylation is 2. The van der Waals surface area contributed by atoms with Gasteiger partial charge in [0, 0.05) is 18.6 Å². The predicted octanol–water partition coefficient (Wildman–Crippen LogP) is 3.25. The second kappa shape index (κ2) is 6.53. The molecule has 1 aliphatic heterocycles. The number of hydrogen-bond acceptors (Lipinski definition) is 2. The number of ether oxygens (including phenoxy) is 1. The molecule has 1 N–H and O–H groups in total. The van der Waals surface area contributed by atoms with E-state index in [1.807, 2.05) is 0 Å². The average Bonchev–Trinajstić information content (AvgIpc) is 2.42. The van der Waals surface area contributed by atoms with Crippen LogP contribution in [0.5, 0.6) is 0 Å². The second-order valence-corrected chi connectivity index (χ2v) is 6.04. The molecule has 0 spiro atoms. The molecule has 0 aliphatic carbocycles. The van der Waals surface area contributed by atoms with E-state index in [2.05, 4.69) is 44.3 Å². The van der Waals surface area contributed by atoms with Crippen LogP contribution >= 0.6 is 0 Å². The summed E-state index contributed by atoms with van der Waals surface area (Å²) in [6.45, 7) is 10.5. The normalized spacial score (nSPS) is 23.5. The molecule has 1 aromatic rings. The monoisotopic (exact) mass is 261 g/mol. The predicted molar refractivity (Wildman–Crippen MR) is 80.6 cm³/mol. The van der Waals surface area contributed by atoms with Gasteiger partial charge in [0.05, 0.1) is 6.61 Å². The lowest BCUT2D eigenvalue weighted by Gasteiger charge is -2.38. The van der Waals surface area contributed by atoms with E-state index in [0.717, 1.165) is 32.7 Å². The smallest absolute Gasteiger partial charge is 0.0537 e. The van der Waals surface area contributed by atoms with Crippen molar-refractivity contribution in [2.24, 2.45) is 5.41 Å². The van der Waals surface area contributed by atoms with Crippen molar-refractivity contribution in [1.82, 2.24) is 5.32 Å². The Balaban J connectivity index is 2.16. The lowest BCUT2D eigenvalue weighted by atomic mass is 9.76. The van der Waals surface area contributed by atoms with E-state index < -0.39 is 0 Å². The van der Waals surface area contributed by atoms with Gasteiger partial charge in [-0.25, -0.2) is 0 Å². The number of benzene rings is 1. The summed E-state index contributed by atoms with van der Waals surface area (Å²) in [5, 5.41) is 3.53. The van der Waals surface area contributed by atoms with Crippen molar-refractivity contribution in [2.45, 2.75) is 40.0 Å². The Morgan fingerprint density at radius 3 is 2.84 bits per heavy atom. The Morgan fingerprint density at radius 1 is 1.32 bits per heavy atom. The van der Waals surface area contributed by atoms with E-state index in [9.17, 15) is 0 Å². The first-order valence-corrected chi connectivity index (χ1v) is 7.50. The van der Waals surface area contributed by atoms with Crippen LogP contribution in [0, 0.1) is 19.3 Å². The van der Waals surface area contributed by atoms with Gasteiger partial charge in [-0.05, 0) is 50.8 Å². The van der Waals surface area contributed by atoms with Crippen LogP contribution in [-0.4, -0.2) is 26.3 Å². The SMILES string of the molecule is CCNCC1(Cc2cc(C)ccc2C)CCCOC1. The zero-order chi connectivity index (χ0) is 13.7. The van der Waals surface area contributed by atoms with Gasteiger partial charge in [-0.2, -0.15) is 0 Å². The summed E-state index contributed by atoms with van der Waals surface area (Å²) in [4.78, 5) is 0. The fourth-order valence-electron chi connectivity index (χ4n) is 3.04. The molecule has 0 radical (unpaired) electrons. The Morgan fingerprint density at radius 2 is 2.16 bits per heavy atom. The third kappa shape index (κ3) is 3.80. The van der Waals surface area contributed by atoms with Gasteiger partial charge in [0.25, 0.3) is 0 Å². The van der Waals surface area contributed by atoms with Gasteiger partial charge in [-0.1, -0.05) is 30.7 Å². The van der Waals surface area contributed by atoms with E-state index >= 15 is 0 Å². The quantitative estimate of drug-likeness (QED) is 0.878. The molecule has 2 rings (SSSR count). The molecule has 2 nitrogen and oxygen atoms in total. The van der Waals surface area contributed by atoms with Gasteiger partial charge in [-0.15, -0.1) is 0 Å². The summed E-state index contributed by atoms with van der Waals surface area (Å²) < 4.78 is 5.78. The van der Waals surface area contributed by atoms with Gasteiger partial charge < -0.3 is 10.1 Å². The molecule has 1 fully saturated rings. The lowest BCUT2D eigenvalue weighted by Crippen LogP contribution is -2.42. The standard InChI is InChI=1S/C17H27NO/c1-4-18-12-17(8-5-9-19-13-17)11-16-10-14(2)6-7-15(16)3/h6-7,10,18H,4-5,8-9,11-13H2,1-3H3. The molecular formula is C17H27NO. The summed E-state index contributed by atoms with van der Waals surface area (Å²) in [6.07, 6.45) is 3.59. The zero-order valence-corrected chi connectivity index (χ0v) is 12.6. The van der Waals surface area contributed by atoms with E-state index in [4.69, 9.17) is 4.74 Å². The van der Waals surface area contributed by atoms with Crippen molar-refractivity contribution in [2.75, 3.05) is 26.3 Å². The average molecular weight is 261 g/mol. The summed E-state index contributed by atoms with van der Waals surface area (Å²) in [6, 6.07) is 6.79. The lowest BCUT2D eigenvalue weighted by molar-refractivity contribution is -0.00697. The Labute approximate surface area is 117 Å². The van der Waals surface area contributed by atoms with Crippen LogP contribution in [-0.2, 0) is 11.2 Å². The van der Waals surface area contributed by atoms with Crippen LogP contribution in [0.2, 0.25) is 0 Å². The first-order chi connectivity index (χ1) is 9.15. The molecule has 0 aromatic heterocycles. The van der Waals surface area contributed by atoms with Gasteiger partial charge in [0.2, 0.25) is 0 Å². The number of rotatable bonds is 5. The van der Waals surface area contributed by atoms with Crippen LogP contribution in [0.3, 0.4) is 0 Å². The molecular weight excluding hydrogens is 234 g/mol. The largest absolute Gasteiger partial charge is 0.381 e. The maximum atomic E-state index is 5.78. The Hall–Kier alpha value is -0.860. The van der Waals surface area contributed by atoms with E-state index in [-0.39, 0.29) is 5.41 Å². The van der Waals surface area contributed by atoms with Crippen molar-refractivity contribution < 1.29 is 4.74 Å². The number of hydrogen-bond donors (Lipinski definition) is 1. The zero-order valence-electron chi connectivity index (χ0n) is 12.6. The third-order valence-corrected chi connectivity index (χ3v) is 4.22. The minimum Gasteiger partial charge on any atom is -0.381 e. The maximum Gasteiger partial charge on any atom is 0.0537 e. The van der Waals surface area contributed by atoms with Crippen molar-refractivity contribution in [3.8, 4) is 0 Å². The van der Waals surface area contributed by atoms with Crippen molar-refractivity contribution >= 4 is 0 Å². The van der Waals surface area contributed by atoms with Gasteiger partial charge in [0.15, 0.2) is 0 Å². The molecule has 1 aliphatic rings. The molecule has 1 saturated heterocycles. The fraction of sp³-hybridized carbons (Fsp3) is 0.647. The summed E-state index contributed by atoms with van der Waals surface area (Å²) in [5.74, 6) is 0. The van der Waals surface area contributed by atoms with Crippen LogP contribution in [0.4, 0.5) is 0 Å². The van der Waals surface area contributed by atoms with Crippen LogP contribution < -0.4 is 5.32 Å². The Bertz CT molecular complexity index is 408. The van der Waals surface area contributed by atoms with E-state index in [0.29, 0.717) is 0 Å². The minimum absolute atomic E-state index is 0.285. The van der Waals surface area contributed by atoms with Gasteiger partial charge >= 0.3 is 0 Å². The highest BCUT2D eigenvalue weighted by atomic mass is 16.5. The molecule has 1 unspecified atom stereocenters. The highest BCUT2D eigenvalue weighted by Crippen LogP contribution is 2.33. The minimum atomic E-state index is 0.285. The van der Waals surface area contributed by atoms with Crippen LogP contribution in [0.1, 0.15) is 36.5 Å². The van der Waals surface area contributed by atoms with Crippen molar-refractivity contribution in [3.05, 3.63) is 34.9 Å². The maximum absolute atomic E-state index is 5.78. The molecule has 1 aromatic carbocycles. The van der Waals surface area contributed by atoms with Gasteiger partial charge in [0.1, 0.15) is 0 Å². The molecule has 0 saturated carbocycles. The highest BCUT2D eigenvalue weighted by molar-refractivity contribution is 5.31. The Kier molecular flexibility index (Phi) is 5.00. The molecule has 0 bridgehead atoms. The highest BCUT2D eigenvalue weighted by Gasteiger charge is 2.33. The summed E-state index contributed by atoms with van der Waals surface area (Å²) in [5.41, 5.74) is 4.54. The van der Waals surface area contributed by atoms with Crippen LogP contribution in [0.15, 0.2) is 18.2 Å². The molecule has 1 atom stereocenters. The molecule has 19 heavy (non-hydrogen) atoms. The fourth-order valence-corrected chi connectivity index (χ4v) is 3.04. The van der Waals surface area contributed by atoms with E-state index in [1.165, 1.54) is 29.5 Å². The van der Waals surface area contributed by atoms with Crippen molar-refractivity contribution in [1.29, 1.82) is 0 Å².